The number of benzene rings is 1. The van der Waals surface area contributed by atoms with Gasteiger partial charge < -0.3 is 9.64 Å². The molecular weight excluding hydrogens is 340 g/mol. The number of likely N-dealkylation sites (tertiary alicyclic amines) is 2. The molecule has 5 nitrogen and oxygen atoms in total. The fraction of sp³-hybridized carbons (Fsp3) is 0.636. The molecule has 0 N–H and O–H groups in total. The van der Waals surface area contributed by atoms with Crippen molar-refractivity contribution in [2.75, 3.05) is 32.8 Å². The predicted molar refractivity (Wildman–Crippen MR) is 105 cm³/mol. The van der Waals surface area contributed by atoms with Crippen LogP contribution < -0.4 is 0 Å². The lowest BCUT2D eigenvalue weighted by atomic mass is 9.74. The average molecular weight is 373 g/mol. The van der Waals surface area contributed by atoms with E-state index in [1.54, 1.807) is 6.92 Å². The molecule has 1 atom stereocenters. The molecule has 2 fully saturated rings. The van der Waals surface area contributed by atoms with Crippen LogP contribution >= 0.6 is 0 Å². The van der Waals surface area contributed by atoms with Crippen LogP contribution in [0.1, 0.15) is 45.1 Å². The second-order valence-corrected chi connectivity index (χ2v) is 7.97. The van der Waals surface area contributed by atoms with E-state index in [0.717, 1.165) is 58.3 Å². The normalized spacial score (nSPS) is 24.6. The maximum atomic E-state index is 13.0. The van der Waals surface area contributed by atoms with Crippen molar-refractivity contribution < 1.29 is 14.3 Å². The van der Waals surface area contributed by atoms with E-state index >= 15 is 0 Å². The van der Waals surface area contributed by atoms with Crippen molar-refractivity contribution in [2.45, 2.75) is 52.0 Å². The van der Waals surface area contributed by atoms with E-state index in [4.69, 9.17) is 4.74 Å². The third-order valence-electron chi connectivity index (χ3n) is 6.13. The van der Waals surface area contributed by atoms with Crippen LogP contribution in [0, 0.1) is 5.41 Å². The molecular formula is C22H32N2O3. The Labute approximate surface area is 162 Å². The van der Waals surface area contributed by atoms with E-state index in [1.807, 2.05) is 30.0 Å². The Bertz CT molecular complexity index is 640. The Hall–Kier alpha value is -1.88. The van der Waals surface area contributed by atoms with E-state index in [2.05, 4.69) is 17.0 Å². The van der Waals surface area contributed by atoms with E-state index in [9.17, 15) is 9.59 Å². The Balaban J connectivity index is 1.73. The van der Waals surface area contributed by atoms with E-state index < -0.39 is 5.41 Å². The zero-order valence-electron chi connectivity index (χ0n) is 16.7. The topological polar surface area (TPSA) is 49.9 Å². The number of hydrogen-bond acceptors (Lipinski definition) is 4. The van der Waals surface area contributed by atoms with Gasteiger partial charge in [-0.25, -0.2) is 0 Å². The van der Waals surface area contributed by atoms with Crippen molar-refractivity contribution in [3.63, 3.8) is 0 Å². The maximum Gasteiger partial charge on any atom is 0.313 e. The number of carbonyl (C=O) groups excluding carboxylic acids is 2. The Morgan fingerprint density at radius 3 is 2.48 bits per heavy atom. The highest BCUT2D eigenvalue weighted by Gasteiger charge is 2.45. The first-order valence-electron chi connectivity index (χ1n) is 10.2. The summed E-state index contributed by atoms with van der Waals surface area (Å²) in [5.74, 6) is 0.108. The summed E-state index contributed by atoms with van der Waals surface area (Å²) in [7, 11) is 0. The van der Waals surface area contributed by atoms with Gasteiger partial charge in [0.2, 0.25) is 5.91 Å². The minimum atomic E-state index is -0.465. The third kappa shape index (κ3) is 4.70. The molecule has 0 aromatic heterocycles. The third-order valence-corrected chi connectivity index (χ3v) is 6.13. The number of rotatable bonds is 5. The molecule has 0 spiro atoms. The first-order chi connectivity index (χ1) is 13.0. The zero-order chi connectivity index (χ0) is 19.3. The highest BCUT2D eigenvalue weighted by atomic mass is 16.5. The van der Waals surface area contributed by atoms with Crippen LogP contribution in [-0.2, 0) is 20.7 Å². The Kier molecular flexibility index (Phi) is 6.53. The summed E-state index contributed by atoms with van der Waals surface area (Å²) in [6, 6.07) is 10.7. The van der Waals surface area contributed by atoms with Crippen LogP contribution in [0.25, 0.3) is 0 Å². The fourth-order valence-electron chi connectivity index (χ4n) is 4.68. The molecule has 2 heterocycles. The first kappa shape index (κ1) is 19.9. The summed E-state index contributed by atoms with van der Waals surface area (Å²) in [6.07, 6.45) is 4.60. The predicted octanol–water partition coefficient (Wildman–Crippen LogP) is 2.89. The van der Waals surface area contributed by atoms with Crippen molar-refractivity contribution in [2.24, 2.45) is 5.41 Å². The fourth-order valence-corrected chi connectivity index (χ4v) is 4.68. The van der Waals surface area contributed by atoms with Gasteiger partial charge in [0.15, 0.2) is 0 Å². The van der Waals surface area contributed by atoms with Crippen LogP contribution in [-0.4, -0.2) is 60.5 Å². The number of ether oxygens (including phenoxy) is 1. The lowest BCUT2D eigenvalue weighted by Crippen LogP contribution is -2.55. The van der Waals surface area contributed by atoms with Gasteiger partial charge in [-0.1, -0.05) is 30.3 Å². The summed E-state index contributed by atoms with van der Waals surface area (Å²) >= 11 is 0. The van der Waals surface area contributed by atoms with Gasteiger partial charge in [0, 0.05) is 32.6 Å². The molecule has 148 valence electrons. The van der Waals surface area contributed by atoms with Gasteiger partial charge in [-0.2, -0.15) is 0 Å². The number of nitrogens with zero attached hydrogens (tertiary/aromatic N) is 2. The van der Waals surface area contributed by atoms with E-state index in [-0.39, 0.29) is 11.9 Å². The lowest BCUT2D eigenvalue weighted by molar-refractivity contribution is -0.160. The summed E-state index contributed by atoms with van der Waals surface area (Å²) in [6.45, 7) is 7.38. The largest absolute Gasteiger partial charge is 0.466 e. The quantitative estimate of drug-likeness (QED) is 0.746. The summed E-state index contributed by atoms with van der Waals surface area (Å²) < 4.78 is 5.52. The van der Waals surface area contributed by atoms with Gasteiger partial charge in [-0.05, 0) is 51.1 Å². The van der Waals surface area contributed by atoms with Crippen molar-refractivity contribution in [1.29, 1.82) is 0 Å². The van der Waals surface area contributed by atoms with Gasteiger partial charge in [-0.3, -0.25) is 14.5 Å². The smallest absolute Gasteiger partial charge is 0.313 e. The number of carbonyl (C=O) groups is 2. The second-order valence-electron chi connectivity index (χ2n) is 7.97. The molecule has 2 aliphatic heterocycles. The zero-order valence-corrected chi connectivity index (χ0v) is 16.7. The standard InChI is InChI=1S/C22H32N2O3/c1-3-27-21(26)22(16-19-8-5-4-6-9-19)12-7-13-24(17-22)20-10-14-23(15-11-20)18(2)25/h4-6,8-9,20H,3,7,10-17H2,1-2H3/t22-/m0/s1. The summed E-state index contributed by atoms with van der Waals surface area (Å²) in [5.41, 5.74) is 0.728. The molecule has 2 aliphatic rings. The molecule has 0 aliphatic carbocycles. The molecule has 0 bridgehead atoms. The maximum absolute atomic E-state index is 13.0. The first-order valence-corrected chi connectivity index (χ1v) is 10.2. The summed E-state index contributed by atoms with van der Waals surface area (Å²) in [5, 5.41) is 0. The van der Waals surface area contributed by atoms with Crippen LogP contribution in [0.2, 0.25) is 0 Å². The molecule has 1 aromatic rings. The molecule has 1 aromatic carbocycles. The monoisotopic (exact) mass is 372 g/mol. The molecule has 0 unspecified atom stereocenters. The molecule has 2 saturated heterocycles. The van der Waals surface area contributed by atoms with Gasteiger partial charge >= 0.3 is 5.97 Å². The van der Waals surface area contributed by atoms with Crippen LogP contribution in [0.3, 0.4) is 0 Å². The lowest BCUT2D eigenvalue weighted by Gasteiger charge is -2.46. The van der Waals surface area contributed by atoms with Gasteiger partial charge in [0.1, 0.15) is 0 Å². The van der Waals surface area contributed by atoms with E-state index in [0.29, 0.717) is 12.6 Å². The minimum Gasteiger partial charge on any atom is -0.466 e. The van der Waals surface area contributed by atoms with E-state index in [1.165, 1.54) is 5.56 Å². The number of piperidine rings is 2. The van der Waals surface area contributed by atoms with Crippen LogP contribution in [0.5, 0.6) is 0 Å². The molecule has 0 saturated carbocycles. The molecule has 0 radical (unpaired) electrons. The Morgan fingerprint density at radius 2 is 1.85 bits per heavy atom. The van der Waals surface area contributed by atoms with Crippen molar-refractivity contribution >= 4 is 11.9 Å². The molecule has 3 rings (SSSR count). The van der Waals surface area contributed by atoms with Crippen molar-refractivity contribution in [3.05, 3.63) is 35.9 Å². The minimum absolute atomic E-state index is 0.0558. The van der Waals surface area contributed by atoms with Gasteiger partial charge in [0.25, 0.3) is 0 Å². The highest BCUT2D eigenvalue weighted by molar-refractivity contribution is 5.78. The van der Waals surface area contributed by atoms with Crippen LogP contribution in [0.15, 0.2) is 30.3 Å². The van der Waals surface area contributed by atoms with Gasteiger partial charge in [0.05, 0.1) is 12.0 Å². The Morgan fingerprint density at radius 1 is 1.15 bits per heavy atom. The molecule has 27 heavy (non-hydrogen) atoms. The number of hydrogen-bond donors (Lipinski definition) is 0. The van der Waals surface area contributed by atoms with Crippen LogP contribution in [0.4, 0.5) is 0 Å². The molecule has 1 amide bonds. The summed E-state index contributed by atoms with van der Waals surface area (Å²) in [4.78, 5) is 29.0. The molecule has 5 heteroatoms. The van der Waals surface area contributed by atoms with Crippen molar-refractivity contribution in [1.82, 2.24) is 9.80 Å². The van der Waals surface area contributed by atoms with Gasteiger partial charge in [-0.15, -0.1) is 0 Å². The number of esters is 1. The number of amides is 1. The van der Waals surface area contributed by atoms with Crippen molar-refractivity contribution in [3.8, 4) is 0 Å². The average Bonchev–Trinajstić information content (AvgIpc) is 2.69. The second kappa shape index (κ2) is 8.87. The SMILES string of the molecule is CCOC(=O)[C@]1(Cc2ccccc2)CCCN(C2CCN(C(C)=O)CC2)C1. The highest BCUT2D eigenvalue weighted by Crippen LogP contribution is 2.37.